The fraction of sp³-hybridized carbons (Fsp3) is 0. The van der Waals surface area contributed by atoms with Crippen molar-refractivity contribution >= 4 is 71.3 Å². The molecule has 1 heterocycles. The summed E-state index contributed by atoms with van der Waals surface area (Å²) >= 11 is 0. The fourth-order valence-electron chi connectivity index (χ4n) is 10.3. The number of hydrogen-bond donors (Lipinski definition) is 0. The van der Waals surface area contributed by atoms with Crippen molar-refractivity contribution in [3.05, 3.63) is 261 Å². The number of hydrogen-bond acceptors (Lipinski definition) is 2. The predicted molar refractivity (Wildman–Crippen MR) is 288 cm³/mol. The highest BCUT2D eigenvalue weighted by atomic mass is 16.3. The molecule has 0 amide bonds. The van der Waals surface area contributed by atoms with E-state index in [0.29, 0.717) is 0 Å². The van der Waals surface area contributed by atoms with Gasteiger partial charge in [-0.25, -0.2) is 0 Å². The molecule has 0 unspecified atom stereocenters. The van der Waals surface area contributed by atoms with Crippen LogP contribution in [0, 0.1) is 0 Å². The molecule has 0 bridgehead atoms. The van der Waals surface area contributed by atoms with Crippen LogP contribution in [-0.4, -0.2) is 0 Å². The molecule has 68 heavy (non-hydrogen) atoms. The average molecular weight is 866 g/mol. The van der Waals surface area contributed by atoms with Crippen LogP contribution in [0.5, 0.6) is 0 Å². The standard InChI is InChI=1S/C66H43NO/c1-3-14-49(15-4-1)65-61-21-10-9-19-57(61)58-39-33-53(42-62(58)66(65)50-16-5-2-6-17-50)48-31-36-55(37-32-48)67(56-38-40-60-59-20-11-12-22-63(59)68-64(60)43-56)54-34-29-46(30-35-54)45-23-25-47(26-24-45)52-28-27-44-13-7-8-18-51(44)41-52/h1-43H. The summed E-state index contributed by atoms with van der Waals surface area (Å²) in [4.78, 5) is 2.33. The van der Waals surface area contributed by atoms with Crippen LogP contribution in [0.3, 0.4) is 0 Å². The maximum Gasteiger partial charge on any atom is 0.137 e. The first kappa shape index (κ1) is 39.4. The van der Waals surface area contributed by atoms with Gasteiger partial charge in [0, 0.05) is 33.9 Å². The van der Waals surface area contributed by atoms with E-state index in [2.05, 4.69) is 254 Å². The zero-order chi connectivity index (χ0) is 45.0. The van der Waals surface area contributed by atoms with Gasteiger partial charge in [0.1, 0.15) is 11.2 Å². The quantitative estimate of drug-likeness (QED) is 0.142. The Hall–Kier alpha value is -8.98. The molecular formula is C66H43NO. The molecular weight excluding hydrogens is 823 g/mol. The second-order valence-electron chi connectivity index (χ2n) is 17.6. The lowest BCUT2D eigenvalue weighted by Crippen LogP contribution is -2.09. The van der Waals surface area contributed by atoms with E-state index in [4.69, 9.17) is 4.42 Å². The molecule has 0 aliphatic heterocycles. The van der Waals surface area contributed by atoms with E-state index in [9.17, 15) is 0 Å². The van der Waals surface area contributed by atoms with Crippen molar-refractivity contribution < 1.29 is 4.42 Å². The summed E-state index contributed by atoms with van der Waals surface area (Å²) in [7, 11) is 0. The highest BCUT2D eigenvalue weighted by Gasteiger charge is 2.20. The molecule has 0 saturated heterocycles. The molecule has 13 aromatic rings. The topological polar surface area (TPSA) is 16.4 Å². The van der Waals surface area contributed by atoms with E-state index >= 15 is 0 Å². The molecule has 1 aromatic heterocycles. The maximum atomic E-state index is 6.44. The van der Waals surface area contributed by atoms with Crippen LogP contribution >= 0.6 is 0 Å². The minimum Gasteiger partial charge on any atom is -0.456 e. The van der Waals surface area contributed by atoms with Gasteiger partial charge in [-0.15, -0.1) is 0 Å². The molecule has 2 heteroatoms. The molecule has 0 atom stereocenters. The van der Waals surface area contributed by atoms with Crippen molar-refractivity contribution in [2.45, 2.75) is 0 Å². The van der Waals surface area contributed by atoms with Crippen LogP contribution < -0.4 is 4.90 Å². The summed E-state index contributed by atoms with van der Waals surface area (Å²) in [6.07, 6.45) is 0. The van der Waals surface area contributed by atoms with Gasteiger partial charge in [0.25, 0.3) is 0 Å². The van der Waals surface area contributed by atoms with Gasteiger partial charge in [0.2, 0.25) is 0 Å². The van der Waals surface area contributed by atoms with E-state index in [0.717, 1.165) is 50.1 Å². The smallest absolute Gasteiger partial charge is 0.137 e. The maximum absolute atomic E-state index is 6.44. The SMILES string of the molecule is c1ccc(-c2c(-c3ccccc3)c3cc(-c4ccc(N(c5ccc(-c6ccc(-c7ccc8ccccc8c7)cc6)cc5)c5ccc6c(c5)oc5ccccc56)cc4)ccc3c3ccccc23)cc1. The van der Waals surface area contributed by atoms with E-state index in [1.165, 1.54) is 76.8 Å². The third-order valence-electron chi connectivity index (χ3n) is 13.7. The lowest BCUT2D eigenvalue weighted by atomic mass is 9.84. The fourth-order valence-corrected chi connectivity index (χ4v) is 10.3. The van der Waals surface area contributed by atoms with Crippen LogP contribution in [0.15, 0.2) is 265 Å². The van der Waals surface area contributed by atoms with Crippen molar-refractivity contribution in [3.63, 3.8) is 0 Å². The Morgan fingerprint density at radius 2 is 0.647 bits per heavy atom. The summed E-state index contributed by atoms with van der Waals surface area (Å²) < 4.78 is 6.44. The summed E-state index contributed by atoms with van der Waals surface area (Å²) in [6.45, 7) is 0. The van der Waals surface area contributed by atoms with Gasteiger partial charge in [-0.2, -0.15) is 0 Å². The summed E-state index contributed by atoms with van der Waals surface area (Å²) in [5, 5.41) is 9.73. The van der Waals surface area contributed by atoms with Crippen molar-refractivity contribution in [3.8, 4) is 55.6 Å². The van der Waals surface area contributed by atoms with Crippen molar-refractivity contribution in [2.24, 2.45) is 0 Å². The van der Waals surface area contributed by atoms with E-state index < -0.39 is 0 Å². The van der Waals surface area contributed by atoms with E-state index in [1.54, 1.807) is 0 Å². The molecule has 0 saturated carbocycles. The molecule has 2 nitrogen and oxygen atoms in total. The first-order valence-corrected chi connectivity index (χ1v) is 23.3. The molecule has 0 spiro atoms. The normalized spacial score (nSPS) is 11.5. The second-order valence-corrected chi connectivity index (χ2v) is 17.6. The molecule has 0 N–H and O–H groups in total. The Bertz CT molecular complexity index is 3980. The Morgan fingerprint density at radius 3 is 1.31 bits per heavy atom. The van der Waals surface area contributed by atoms with Gasteiger partial charge >= 0.3 is 0 Å². The van der Waals surface area contributed by atoms with Gasteiger partial charge in [-0.1, -0.05) is 200 Å². The second kappa shape index (κ2) is 16.5. The minimum atomic E-state index is 0.862. The van der Waals surface area contributed by atoms with Crippen molar-refractivity contribution in [2.75, 3.05) is 4.90 Å². The Balaban J connectivity index is 0.896. The molecule has 13 rings (SSSR count). The first-order valence-electron chi connectivity index (χ1n) is 23.3. The van der Waals surface area contributed by atoms with E-state index in [-0.39, 0.29) is 0 Å². The molecule has 0 fully saturated rings. The molecule has 0 aliphatic rings. The Morgan fingerprint density at radius 1 is 0.221 bits per heavy atom. The lowest BCUT2D eigenvalue weighted by molar-refractivity contribution is 0.669. The predicted octanol–water partition coefficient (Wildman–Crippen LogP) is 18.9. The van der Waals surface area contributed by atoms with Gasteiger partial charge in [-0.3, -0.25) is 0 Å². The number of rotatable bonds is 8. The van der Waals surface area contributed by atoms with Crippen LogP contribution in [-0.2, 0) is 0 Å². The van der Waals surface area contributed by atoms with Crippen LogP contribution in [0.2, 0.25) is 0 Å². The lowest BCUT2D eigenvalue weighted by Gasteiger charge is -2.26. The number of anilines is 3. The van der Waals surface area contributed by atoms with Crippen molar-refractivity contribution in [1.82, 2.24) is 0 Å². The number of furan rings is 1. The zero-order valence-corrected chi connectivity index (χ0v) is 37.2. The summed E-state index contributed by atoms with van der Waals surface area (Å²) in [5.41, 5.74) is 16.9. The molecule has 0 aliphatic carbocycles. The number of benzene rings is 12. The minimum absolute atomic E-state index is 0.862. The van der Waals surface area contributed by atoms with Gasteiger partial charge in [0.05, 0.1) is 0 Å². The first-order chi connectivity index (χ1) is 33.7. The number of para-hydroxylation sites is 1. The third kappa shape index (κ3) is 6.90. The van der Waals surface area contributed by atoms with Crippen molar-refractivity contribution in [1.29, 1.82) is 0 Å². The Labute approximate surface area is 395 Å². The summed E-state index contributed by atoms with van der Waals surface area (Å²) in [5.74, 6) is 0. The van der Waals surface area contributed by atoms with Gasteiger partial charge in [0.15, 0.2) is 0 Å². The van der Waals surface area contributed by atoms with E-state index in [1.807, 2.05) is 12.1 Å². The van der Waals surface area contributed by atoms with Crippen LogP contribution in [0.1, 0.15) is 0 Å². The van der Waals surface area contributed by atoms with Gasteiger partial charge < -0.3 is 9.32 Å². The number of nitrogens with zero attached hydrogens (tertiary/aromatic N) is 1. The average Bonchev–Trinajstić information content (AvgIpc) is 3.79. The monoisotopic (exact) mass is 865 g/mol. The van der Waals surface area contributed by atoms with Crippen LogP contribution in [0.4, 0.5) is 17.1 Å². The Kier molecular flexibility index (Phi) is 9.54. The van der Waals surface area contributed by atoms with Gasteiger partial charge in [-0.05, 0) is 143 Å². The molecule has 0 radical (unpaired) electrons. The summed E-state index contributed by atoms with van der Waals surface area (Å²) in [6, 6.07) is 94.4. The number of fused-ring (bicyclic) bond motifs is 7. The highest BCUT2D eigenvalue weighted by molar-refractivity contribution is 6.22. The zero-order valence-electron chi connectivity index (χ0n) is 37.2. The molecule has 12 aromatic carbocycles. The largest absolute Gasteiger partial charge is 0.456 e. The third-order valence-corrected chi connectivity index (χ3v) is 13.7. The highest BCUT2D eigenvalue weighted by Crippen LogP contribution is 2.46. The molecule has 318 valence electrons. The van der Waals surface area contributed by atoms with Crippen LogP contribution in [0.25, 0.3) is 110 Å².